The molecule has 0 saturated heterocycles. The molecule has 0 N–H and O–H groups in total. The summed E-state index contributed by atoms with van der Waals surface area (Å²) in [5, 5.41) is 7.69. The lowest BCUT2D eigenvalue weighted by molar-refractivity contribution is 1.21. The molecule has 0 fully saturated rings. The summed E-state index contributed by atoms with van der Waals surface area (Å²) in [6, 6.07) is 56.8. The molecule has 216 valence electrons. The molecule has 0 bridgehead atoms. The van der Waals surface area contributed by atoms with Crippen molar-refractivity contribution in [2.24, 2.45) is 0 Å². The largest absolute Gasteiger partial charge is 0.228 e. The standard InChI is InChI=1S/C43H30N2Si/c1-46-39-27-34-16-6-5-15-33(34)26-38(39)41-42(46)40(44-43(45-41)37-23-11-17-29-14-7-8-22-36(29)37)35-21-10-20-32(25-35)31-19-9-18-30(24-31)28-12-3-2-4-13-28/h2-27,46H,1H3. The van der Waals surface area contributed by atoms with Gasteiger partial charge in [0.15, 0.2) is 5.82 Å². The lowest BCUT2D eigenvalue weighted by atomic mass is 9.97. The fourth-order valence-electron chi connectivity index (χ4n) is 7.18. The van der Waals surface area contributed by atoms with E-state index in [9.17, 15) is 0 Å². The third-order valence-corrected chi connectivity index (χ3v) is 12.3. The third-order valence-electron chi connectivity index (χ3n) is 9.49. The third kappa shape index (κ3) is 4.40. The van der Waals surface area contributed by atoms with E-state index >= 15 is 0 Å². The van der Waals surface area contributed by atoms with Crippen LogP contribution in [0.15, 0.2) is 158 Å². The molecule has 46 heavy (non-hydrogen) atoms. The van der Waals surface area contributed by atoms with Crippen LogP contribution in [0.25, 0.3) is 77.7 Å². The van der Waals surface area contributed by atoms with E-state index in [-0.39, 0.29) is 0 Å². The summed E-state index contributed by atoms with van der Waals surface area (Å²) in [5.74, 6) is 0.782. The second-order valence-corrected chi connectivity index (χ2v) is 14.9. The van der Waals surface area contributed by atoms with Crippen LogP contribution in [0.3, 0.4) is 0 Å². The topological polar surface area (TPSA) is 25.8 Å². The smallest absolute Gasteiger partial charge is 0.161 e. The van der Waals surface area contributed by atoms with Crippen LogP contribution in [-0.4, -0.2) is 18.8 Å². The van der Waals surface area contributed by atoms with E-state index < -0.39 is 8.80 Å². The first-order valence-corrected chi connectivity index (χ1v) is 18.2. The van der Waals surface area contributed by atoms with Crippen LogP contribution in [0.2, 0.25) is 6.55 Å². The normalized spacial score (nSPS) is 13.5. The number of hydrogen-bond donors (Lipinski definition) is 0. The van der Waals surface area contributed by atoms with Crippen molar-refractivity contribution < 1.29 is 0 Å². The number of nitrogens with zero attached hydrogens (tertiary/aromatic N) is 2. The van der Waals surface area contributed by atoms with Crippen molar-refractivity contribution in [3.05, 3.63) is 158 Å². The molecule has 8 aromatic rings. The maximum Gasteiger partial charge on any atom is 0.161 e. The first kappa shape index (κ1) is 26.7. The highest BCUT2D eigenvalue weighted by atomic mass is 28.3. The van der Waals surface area contributed by atoms with Crippen molar-refractivity contribution in [3.63, 3.8) is 0 Å². The average Bonchev–Trinajstić information content (AvgIpc) is 3.40. The highest BCUT2D eigenvalue weighted by Gasteiger charge is 2.33. The molecule has 1 unspecified atom stereocenters. The number of rotatable bonds is 4. The van der Waals surface area contributed by atoms with E-state index in [1.54, 1.807) is 0 Å². The van der Waals surface area contributed by atoms with Gasteiger partial charge in [-0.2, -0.15) is 0 Å². The highest BCUT2D eigenvalue weighted by molar-refractivity contribution is 6.89. The molecule has 1 atom stereocenters. The molecule has 2 heterocycles. The number of fused-ring (bicyclic) bond motifs is 5. The molecule has 1 aliphatic rings. The van der Waals surface area contributed by atoms with Crippen LogP contribution in [0.5, 0.6) is 0 Å². The van der Waals surface area contributed by atoms with Gasteiger partial charge in [0.1, 0.15) is 8.80 Å². The second-order valence-electron chi connectivity index (χ2n) is 12.2. The minimum atomic E-state index is -1.59. The molecule has 3 heteroatoms. The monoisotopic (exact) mass is 602 g/mol. The molecule has 2 nitrogen and oxygen atoms in total. The highest BCUT2D eigenvalue weighted by Crippen LogP contribution is 2.35. The van der Waals surface area contributed by atoms with Crippen LogP contribution >= 0.6 is 0 Å². The molecule has 0 amide bonds. The summed E-state index contributed by atoms with van der Waals surface area (Å²) < 4.78 is 0. The summed E-state index contributed by atoms with van der Waals surface area (Å²) in [5.41, 5.74) is 10.5. The summed E-state index contributed by atoms with van der Waals surface area (Å²) in [6.45, 7) is 2.44. The van der Waals surface area contributed by atoms with E-state index in [1.807, 2.05) is 0 Å². The van der Waals surface area contributed by atoms with Crippen molar-refractivity contribution in [2.45, 2.75) is 6.55 Å². The SMILES string of the molecule is C[SiH]1c2cc3ccccc3cc2-c2nc(-c3cccc4ccccc34)nc(-c3cccc(-c4cccc(-c5ccccc5)c4)c3)c21. The van der Waals surface area contributed by atoms with Gasteiger partial charge in [0.05, 0.1) is 11.4 Å². The van der Waals surface area contributed by atoms with Gasteiger partial charge in [0.2, 0.25) is 0 Å². The van der Waals surface area contributed by atoms with Gasteiger partial charge in [-0.25, -0.2) is 9.97 Å². The van der Waals surface area contributed by atoms with Crippen LogP contribution in [0.1, 0.15) is 0 Å². The first-order chi connectivity index (χ1) is 22.7. The summed E-state index contributed by atoms with van der Waals surface area (Å²) in [7, 11) is -1.59. The van der Waals surface area contributed by atoms with Gasteiger partial charge >= 0.3 is 0 Å². The first-order valence-electron chi connectivity index (χ1n) is 15.9. The fraction of sp³-hybridized carbons (Fsp3) is 0.0233. The number of benzene rings is 7. The van der Waals surface area contributed by atoms with Gasteiger partial charge in [0, 0.05) is 16.7 Å². The van der Waals surface area contributed by atoms with Gasteiger partial charge in [-0.1, -0.05) is 146 Å². The van der Waals surface area contributed by atoms with Crippen LogP contribution in [0.4, 0.5) is 0 Å². The van der Waals surface area contributed by atoms with E-state index in [2.05, 4.69) is 164 Å². The Morgan fingerprint density at radius 2 is 0.957 bits per heavy atom. The molecule has 9 rings (SSSR count). The van der Waals surface area contributed by atoms with Gasteiger partial charge in [-0.05, 0) is 72.4 Å². The molecule has 0 aliphatic carbocycles. The van der Waals surface area contributed by atoms with Crippen molar-refractivity contribution in [1.29, 1.82) is 0 Å². The molecule has 0 radical (unpaired) electrons. The van der Waals surface area contributed by atoms with Gasteiger partial charge < -0.3 is 0 Å². The fourth-order valence-corrected chi connectivity index (χ4v) is 9.88. The quantitative estimate of drug-likeness (QED) is 0.188. The minimum Gasteiger partial charge on any atom is -0.228 e. The predicted molar refractivity (Wildman–Crippen MR) is 197 cm³/mol. The molecule has 1 aliphatic heterocycles. The Balaban J connectivity index is 1.27. The Bertz CT molecular complexity index is 2440. The zero-order chi connectivity index (χ0) is 30.6. The summed E-state index contributed by atoms with van der Waals surface area (Å²) >= 11 is 0. The minimum absolute atomic E-state index is 0.782. The number of hydrogen-bond acceptors (Lipinski definition) is 2. The van der Waals surface area contributed by atoms with Gasteiger partial charge in [-0.15, -0.1) is 0 Å². The van der Waals surface area contributed by atoms with Crippen molar-refractivity contribution in [3.8, 4) is 56.2 Å². The Hall–Kier alpha value is -5.64. The van der Waals surface area contributed by atoms with E-state index in [0.717, 1.165) is 28.3 Å². The van der Waals surface area contributed by atoms with E-state index in [0.29, 0.717) is 0 Å². The Morgan fingerprint density at radius 3 is 1.74 bits per heavy atom. The summed E-state index contributed by atoms with van der Waals surface area (Å²) in [4.78, 5) is 10.9. The zero-order valence-corrected chi connectivity index (χ0v) is 26.6. The van der Waals surface area contributed by atoms with Crippen molar-refractivity contribution >= 4 is 40.7 Å². The van der Waals surface area contributed by atoms with Crippen LogP contribution in [-0.2, 0) is 0 Å². The lowest BCUT2D eigenvalue weighted by Crippen LogP contribution is -2.36. The van der Waals surface area contributed by atoms with Gasteiger partial charge in [-0.3, -0.25) is 0 Å². The lowest BCUT2D eigenvalue weighted by Gasteiger charge is -2.15. The Kier molecular flexibility index (Phi) is 6.25. The molecule has 0 saturated carbocycles. The van der Waals surface area contributed by atoms with Crippen molar-refractivity contribution in [1.82, 2.24) is 9.97 Å². The summed E-state index contributed by atoms with van der Waals surface area (Å²) in [6.07, 6.45) is 0. The Labute approximate surface area is 270 Å². The van der Waals surface area contributed by atoms with Crippen LogP contribution < -0.4 is 10.4 Å². The van der Waals surface area contributed by atoms with Gasteiger partial charge in [0.25, 0.3) is 0 Å². The average molecular weight is 603 g/mol. The maximum atomic E-state index is 5.46. The zero-order valence-electron chi connectivity index (χ0n) is 25.5. The van der Waals surface area contributed by atoms with Crippen molar-refractivity contribution in [2.75, 3.05) is 0 Å². The molecule has 0 spiro atoms. The number of aromatic nitrogens is 2. The van der Waals surface area contributed by atoms with Crippen LogP contribution in [0, 0.1) is 0 Å². The van der Waals surface area contributed by atoms with E-state index in [1.165, 1.54) is 59.7 Å². The maximum absolute atomic E-state index is 5.46. The van der Waals surface area contributed by atoms with E-state index in [4.69, 9.17) is 9.97 Å². The molecule has 7 aromatic carbocycles. The molecular formula is C43H30N2Si. The Morgan fingerprint density at radius 1 is 0.413 bits per heavy atom. The molecule has 1 aromatic heterocycles. The predicted octanol–water partition coefficient (Wildman–Crippen LogP) is 9.40. The second kappa shape index (κ2) is 10.8. The molecular weight excluding hydrogens is 573 g/mol.